The van der Waals surface area contributed by atoms with Gasteiger partial charge in [0.05, 0.1) is 10.6 Å². The van der Waals surface area contributed by atoms with Crippen LogP contribution in [0, 0.1) is 0 Å². The van der Waals surface area contributed by atoms with Crippen LogP contribution in [0.3, 0.4) is 0 Å². The largest absolute Gasteiger partial charge is 0.301 e. The maximum atomic E-state index is 12.5. The van der Waals surface area contributed by atoms with Crippen molar-refractivity contribution >= 4 is 43.7 Å². The maximum absolute atomic E-state index is 12.5. The summed E-state index contributed by atoms with van der Waals surface area (Å²) in [4.78, 5) is 21.5. The molecule has 0 aliphatic carbocycles. The van der Waals surface area contributed by atoms with Gasteiger partial charge in [-0.1, -0.05) is 6.07 Å². The van der Waals surface area contributed by atoms with Gasteiger partial charge < -0.3 is 4.90 Å². The quantitative estimate of drug-likeness (QED) is 0.605. The molecule has 3 aromatic rings. The van der Waals surface area contributed by atoms with Crippen molar-refractivity contribution < 1.29 is 13.2 Å². The lowest BCUT2D eigenvalue weighted by Crippen LogP contribution is -2.25. The van der Waals surface area contributed by atoms with E-state index in [0.717, 1.165) is 30.1 Å². The van der Waals surface area contributed by atoms with Crippen LogP contribution in [0.25, 0.3) is 0 Å². The first-order chi connectivity index (χ1) is 13.9. The standard InChI is InChI=1S/C19H20N4O3S3/c1-23-9-8-16-17(12-23)28-19(21-16)22-18(24)13-4-6-15(7-5-13)29(25,26)20-11-14-3-2-10-27-14/h2-7,10,20H,8-9,11-12H2,1H3,(H,21,22,24). The molecule has 0 saturated heterocycles. The lowest BCUT2D eigenvalue weighted by Gasteiger charge is -2.20. The molecule has 2 aromatic heterocycles. The minimum atomic E-state index is -3.64. The summed E-state index contributed by atoms with van der Waals surface area (Å²) in [5.41, 5.74) is 1.43. The minimum absolute atomic E-state index is 0.123. The van der Waals surface area contributed by atoms with Crippen LogP contribution >= 0.6 is 22.7 Å². The average Bonchev–Trinajstić information content (AvgIpc) is 3.35. The molecular weight excluding hydrogens is 428 g/mol. The number of nitrogens with zero attached hydrogens (tertiary/aromatic N) is 2. The molecule has 2 N–H and O–H groups in total. The van der Waals surface area contributed by atoms with Gasteiger partial charge in [-0.2, -0.15) is 0 Å². The third-order valence-corrected chi connectivity index (χ3v) is 7.88. The van der Waals surface area contributed by atoms with E-state index in [1.54, 1.807) is 0 Å². The Labute approximate surface area is 177 Å². The summed E-state index contributed by atoms with van der Waals surface area (Å²) >= 11 is 2.97. The molecule has 0 unspecified atom stereocenters. The summed E-state index contributed by atoms with van der Waals surface area (Å²) in [6.07, 6.45) is 0.878. The van der Waals surface area contributed by atoms with Gasteiger partial charge in [-0.3, -0.25) is 10.1 Å². The van der Waals surface area contributed by atoms with Gasteiger partial charge in [-0.05, 0) is 42.8 Å². The Morgan fingerprint density at radius 2 is 2.03 bits per heavy atom. The molecule has 1 aliphatic rings. The van der Waals surface area contributed by atoms with Crippen molar-refractivity contribution in [3.05, 3.63) is 62.8 Å². The highest BCUT2D eigenvalue weighted by molar-refractivity contribution is 7.89. The number of sulfonamides is 1. The predicted octanol–water partition coefficient (Wildman–Crippen LogP) is 2.92. The number of fused-ring (bicyclic) bond motifs is 1. The van der Waals surface area contributed by atoms with Gasteiger partial charge in [0, 0.05) is 41.4 Å². The Hall–Kier alpha value is -2.11. The van der Waals surface area contributed by atoms with Crippen LogP contribution in [0.5, 0.6) is 0 Å². The molecule has 1 amide bonds. The Morgan fingerprint density at radius 1 is 1.24 bits per heavy atom. The van der Waals surface area contributed by atoms with Crippen LogP contribution in [0.15, 0.2) is 46.7 Å². The number of anilines is 1. The molecule has 0 saturated carbocycles. The van der Waals surface area contributed by atoms with Gasteiger partial charge in [-0.25, -0.2) is 18.1 Å². The second-order valence-electron chi connectivity index (χ2n) is 6.76. The molecule has 4 rings (SSSR count). The summed E-state index contributed by atoms with van der Waals surface area (Å²) in [6, 6.07) is 9.64. The van der Waals surface area contributed by atoms with Gasteiger partial charge >= 0.3 is 0 Å². The van der Waals surface area contributed by atoms with Crippen LogP contribution < -0.4 is 10.0 Å². The Morgan fingerprint density at radius 3 is 2.76 bits per heavy atom. The molecule has 0 radical (unpaired) electrons. The molecule has 1 aliphatic heterocycles. The van der Waals surface area contributed by atoms with Crippen molar-refractivity contribution in [2.75, 3.05) is 18.9 Å². The van der Waals surface area contributed by atoms with Crippen LogP contribution in [-0.2, 0) is 29.5 Å². The normalized spacial score (nSPS) is 14.5. The molecule has 1 aromatic carbocycles. The van der Waals surface area contributed by atoms with Crippen molar-refractivity contribution in [2.45, 2.75) is 24.4 Å². The summed E-state index contributed by atoms with van der Waals surface area (Å²) in [5.74, 6) is -0.306. The van der Waals surface area contributed by atoms with Crippen LogP contribution in [0.1, 0.15) is 25.8 Å². The zero-order valence-corrected chi connectivity index (χ0v) is 18.2. The smallest absolute Gasteiger partial charge is 0.257 e. The number of amides is 1. The van der Waals surface area contributed by atoms with Crippen molar-refractivity contribution in [2.24, 2.45) is 0 Å². The van der Waals surface area contributed by atoms with Gasteiger partial charge in [-0.15, -0.1) is 22.7 Å². The Balaban J connectivity index is 1.41. The molecule has 29 heavy (non-hydrogen) atoms. The van der Waals surface area contributed by atoms with E-state index in [1.807, 2.05) is 17.5 Å². The van der Waals surface area contributed by atoms with Gasteiger partial charge in [0.25, 0.3) is 5.91 Å². The lowest BCUT2D eigenvalue weighted by atomic mass is 10.2. The fraction of sp³-hybridized carbons (Fsp3) is 0.263. The number of thiophene rings is 1. The molecule has 10 heteroatoms. The number of benzene rings is 1. The van der Waals surface area contributed by atoms with Crippen molar-refractivity contribution in [1.82, 2.24) is 14.6 Å². The zero-order valence-electron chi connectivity index (χ0n) is 15.7. The van der Waals surface area contributed by atoms with Gasteiger partial charge in [0.2, 0.25) is 10.0 Å². The van der Waals surface area contributed by atoms with E-state index in [-0.39, 0.29) is 17.3 Å². The number of carbonyl (C=O) groups is 1. The second kappa shape index (κ2) is 8.33. The van der Waals surface area contributed by atoms with E-state index in [0.29, 0.717) is 10.7 Å². The number of aromatic nitrogens is 1. The fourth-order valence-corrected chi connectivity index (χ4v) is 5.82. The molecular formula is C19H20N4O3S3. The first kappa shape index (κ1) is 20.2. The number of rotatable bonds is 6. The Bertz CT molecular complexity index is 1110. The van der Waals surface area contributed by atoms with Gasteiger partial charge in [0.1, 0.15) is 0 Å². The highest BCUT2D eigenvalue weighted by Gasteiger charge is 2.20. The molecule has 0 fully saturated rings. The van der Waals surface area contributed by atoms with Crippen molar-refractivity contribution in [3.63, 3.8) is 0 Å². The topological polar surface area (TPSA) is 91.4 Å². The predicted molar refractivity (Wildman–Crippen MR) is 115 cm³/mol. The maximum Gasteiger partial charge on any atom is 0.257 e. The third-order valence-electron chi connectivity index (χ3n) is 4.59. The fourth-order valence-electron chi connectivity index (χ4n) is 2.99. The highest BCUT2D eigenvalue weighted by Crippen LogP contribution is 2.28. The summed E-state index contributed by atoms with van der Waals surface area (Å²) in [5, 5.41) is 5.29. The molecule has 152 valence electrons. The summed E-state index contributed by atoms with van der Waals surface area (Å²) in [6.45, 7) is 2.04. The van der Waals surface area contributed by atoms with Gasteiger partial charge in [0.15, 0.2) is 5.13 Å². The number of carbonyl (C=O) groups excluding carboxylic acids is 1. The average molecular weight is 449 g/mol. The number of hydrogen-bond donors (Lipinski definition) is 2. The van der Waals surface area contributed by atoms with E-state index in [1.165, 1.54) is 51.8 Å². The van der Waals surface area contributed by atoms with Crippen molar-refractivity contribution in [3.8, 4) is 0 Å². The van der Waals surface area contributed by atoms with E-state index in [9.17, 15) is 13.2 Å². The summed E-state index contributed by atoms with van der Waals surface area (Å²) in [7, 11) is -1.57. The molecule has 0 spiro atoms. The number of nitrogens with one attached hydrogen (secondary N) is 2. The number of thiazole rings is 1. The molecule has 0 bridgehead atoms. The highest BCUT2D eigenvalue weighted by atomic mass is 32.2. The third kappa shape index (κ3) is 4.73. The lowest BCUT2D eigenvalue weighted by molar-refractivity contribution is 0.102. The van der Waals surface area contributed by atoms with E-state index in [2.05, 4.69) is 27.0 Å². The zero-order chi connectivity index (χ0) is 20.4. The van der Waals surface area contributed by atoms with Crippen LogP contribution in [-0.4, -0.2) is 37.8 Å². The SMILES string of the molecule is CN1CCc2nc(NC(=O)c3ccc(S(=O)(=O)NCc4cccs4)cc3)sc2C1. The minimum Gasteiger partial charge on any atom is -0.301 e. The number of hydrogen-bond acceptors (Lipinski definition) is 7. The van der Waals surface area contributed by atoms with Crippen LogP contribution in [0.4, 0.5) is 5.13 Å². The molecule has 3 heterocycles. The van der Waals surface area contributed by atoms with Crippen LogP contribution in [0.2, 0.25) is 0 Å². The second-order valence-corrected chi connectivity index (χ2v) is 10.6. The van der Waals surface area contributed by atoms with Crippen molar-refractivity contribution in [1.29, 1.82) is 0 Å². The first-order valence-electron chi connectivity index (χ1n) is 9.01. The summed E-state index contributed by atoms with van der Waals surface area (Å²) < 4.78 is 27.4. The molecule has 0 atom stereocenters. The monoisotopic (exact) mass is 448 g/mol. The van der Waals surface area contributed by atoms with E-state index in [4.69, 9.17) is 0 Å². The van der Waals surface area contributed by atoms with E-state index < -0.39 is 10.0 Å². The Kier molecular flexibility index (Phi) is 5.79. The number of likely N-dealkylation sites (N-methyl/N-ethyl adjacent to an activating group) is 1. The van der Waals surface area contributed by atoms with E-state index >= 15 is 0 Å². The molecule has 7 nitrogen and oxygen atoms in total. The first-order valence-corrected chi connectivity index (χ1v) is 12.2.